The average molecular weight is 1230 g/mol. The minimum Gasteiger partial charge on any atom is -0.456 e. The third-order valence-electron chi connectivity index (χ3n) is 12.2. The van der Waals surface area contributed by atoms with Crippen LogP contribution in [0, 0.1) is 41.5 Å². The summed E-state index contributed by atoms with van der Waals surface area (Å²) in [5.41, 5.74) is 12.4. The van der Waals surface area contributed by atoms with Gasteiger partial charge in [0.1, 0.15) is 11.2 Å². The van der Waals surface area contributed by atoms with Crippen molar-refractivity contribution in [3.63, 3.8) is 0 Å². The summed E-state index contributed by atoms with van der Waals surface area (Å²) in [4.78, 5) is 0. The Morgan fingerprint density at radius 2 is 0.449 bits per heavy atom. The molecule has 0 fully saturated rings. The molecule has 0 N–H and O–H groups in total. The van der Waals surface area contributed by atoms with Gasteiger partial charge in [-0.3, -0.25) is 0 Å². The molecule has 0 amide bonds. The number of rotatable bonds is 0. The molecule has 0 aliphatic carbocycles. The Balaban J connectivity index is -0.000000226. The number of thiophene rings is 1. The zero-order valence-electron chi connectivity index (χ0n) is 56.9. The highest BCUT2D eigenvalue weighted by atomic mass is 32.1. The zero-order chi connectivity index (χ0) is 63.7. The first kappa shape index (κ1) is 92.7. The van der Waals surface area contributed by atoms with E-state index in [0.29, 0.717) is 0 Å². The van der Waals surface area contributed by atoms with Crippen molar-refractivity contribution < 1.29 is 4.42 Å². The number of aromatic nitrogens is 1. The normalized spacial score (nSPS) is 8.73. The number of hydrogen-bond donors (Lipinski definition) is 0. The molecule has 0 radical (unpaired) electrons. The summed E-state index contributed by atoms with van der Waals surface area (Å²) >= 11 is 1.89. The Labute approximate surface area is 552 Å². The molecule has 3 aromatic heterocycles. The monoisotopic (exact) mass is 1220 g/mol. The first-order valence-corrected chi connectivity index (χ1v) is 32.5. The average Bonchev–Trinajstić information content (AvgIpc) is 1.81. The van der Waals surface area contributed by atoms with Gasteiger partial charge in [-0.1, -0.05) is 332 Å². The fourth-order valence-electron chi connectivity index (χ4n) is 8.67. The van der Waals surface area contributed by atoms with Crippen LogP contribution in [0.4, 0.5) is 0 Å². The van der Waals surface area contributed by atoms with E-state index in [-0.39, 0.29) is 37.1 Å². The van der Waals surface area contributed by atoms with E-state index in [2.05, 4.69) is 259 Å². The second-order valence-corrected chi connectivity index (χ2v) is 18.6. The Morgan fingerprint density at radius 3 is 0.697 bits per heavy atom. The molecule has 13 aromatic rings. The number of hydrogen-bond acceptors (Lipinski definition) is 2. The highest BCUT2D eigenvalue weighted by Gasteiger charge is 2.09. The molecular weight excluding hydrogens is 1100 g/mol. The zero-order valence-corrected chi connectivity index (χ0v) is 57.7. The molecule has 3 heteroatoms. The molecule has 2 nitrogen and oxygen atoms in total. The van der Waals surface area contributed by atoms with Crippen molar-refractivity contribution in [2.75, 3.05) is 0 Å². The lowest BCUT2D eigenvalue weighted by Crippen LogP contribution is -1.87. The molecule has 0 aliphatic heterocycles. The Bertz CT molecular complexity index is 3320. The van der Waals surface area contributed by atoms with Gasteiger partial charge >= 0.3 is 0 Å². The Hall–Kier alpha value is -7.46. The van der Waals surface area contributed by atoms with Crippen LogP contribution in [0.3, 0.4) is 0 Å². The van der Waals surface area contributed by atoms with Gasteiger partial charge in [-0.15, -0.1) is 11.3 Å². The molecule has 0 spiro atoms. The Kier molecular flexibility index (Phi) is 55.8. The maximum absolute atomic E-state index is 5.81. The fourth-order valence-corrected chi connectivity index (χ4v) is 9.97. The summed E-state index contributed by atoms with van der Waals surface area (Å²) < 4.78 is 10.9. The van der Waals surface area contributed by atoms with Crippen molar-refractivity contribution in [3.8, 4) is 0 Å². The molecule has 89 heavy (non-hydrogen) atoms. The molecular formula is C86H129NOS. The van der Waals surface area contributed by atoms with Crippen molar-refractivity contribution in [2.45, 2.75) is 203 Å². The van der Waals surface area contributed by atoms with E-state index in [1.807, 2.05) is 136 Å². The maximum atomic E-state index is 5.81. The third kappa shape index (κ3) is 27.4. The summed E-state index contributed by atoms with van der Waals surface area (Å²) in [6.07, 6.45) is 0. The molecule has 3 heterocycles. The van der Waals surface area contributed by atoms with Gasteiger partial charge in [0.15, 0.2) is 0 Å². The van der Waals surface area contributed by atoms with Crippen molar-refractivity contribution in [1.82, 2.24) is 4.57 Å². The standard InChI is InChI=1S/C15H15N.C14H12O.C14H12S.2C10H8.9C2H6.5CH4/c1-10-4-6-12-13-7-5-11(2)9-15(13)16(3)14(12)8-10;2*1-9-3-5-11-12-6-4-10(2)8-14(12)15-13(11)7-9;2*1-2-6-10-8-4-3-7-9(10)5-1;9*1-2;;;;;/h4-9H,1-3H3;2*3-8H,1-2H3;2*1-8H;9*1-2H3;5*1H4. The number of nitrogens with zero attached hydrogens (tertiary/aromatic N) is 1. The molecule has 490 valence electrons. The van der Waals surface area contributed by atoms with Gasteiger partial charge in [-0.2, -0.15) is 0 Å². The van der Waals surface area contributed by atoms with Crippen molar-refractivity contribution in [1.29, 1.82) is 0 Å². The molecule has 0 saturated heterocycles. The molecule has 10 aromatic carbocycles. The lowest BCUT2D eigenvalue weighted by Gasteiger charge is -1.99. The van der Waals surface area contributed by atoms with Crippen LogP contribution in [0.1, 0.15) is 195 Å². The van der Waals surface area contributed by atoms with Crippen LogP contribution in [-0.4, -0.2) is 4.57 Å². The summed E-state index contributed by atoms with van der Waals surface area (Å²) in [5.74, 6) is 0. The van der Waals surface area contributed by atoms with E-state index in [0.717, 1.165) is 11.2 Å². The van der Waals surface area contributed by atoms with E-state index in [9.17, 15) is 0 Å². The van der Waals surface area contributed by atoms with E-state index in [1.54, 1.807) is 0 Å². The van der Waals surface area contributed by atoms with Gasteiger partial charge < -0.3 is 8.98 Å². The Morgan fingerprint density at radius 1 is 0.247 bits per heavy atom. The van der Waals surface area contributed by atoms with Crippen molar-refractivity contribution in [3.05, 3.63) is 240 Å². The number of furan rings is 1. The van der Waals surface area contributed by atoms with Gasteiger partial charge in [-0.05, 0) is 133 Å². The second-order valence-electron chi connectivity index (χ2n) is 17.5. The maximum Gasteiger partial charge on any atom is 0.135 e. The molecule has 0 aliphatic rings. The van der Waals surface area contributed by atoms with Gasteiger partial charge in [0.2, 0.25) is 0 Å². The first-order chi connectivity index (χ1) is 41.1. The SMILES string of the molecule is C.C.C.C.C.CC.CC.CC.CC.CC.CC.CC.CC.CC.Cc1ccc2c(c1)oc1cc(C)ccc12.Cc1ccc2c(c1)sc1cc(C)ccc12.Cc1ccc2c3ccc(C)cc3n(C)c2c1.c1ccc2ccccc2c1.c1ccc2ccccc2c1. The lowest BCUT2D eigenvalue weighted by molar-refractivity contribution is 0.668. The number of fused-ring (bicyclic) bond motifs is 11. The second kappa shape index (κ2) is 53.6. The van der Waals surface area contributed by atoms with Crippen molar-refractivity contribution >= 4 is 96.8 Å². The quantitative estimate of drug-likeness (QED) is 0.148. The van der Waals surface area contributed by atoms with Crippen LogP contribution in [-0.2, 0) is 7.05 Å². The van der Waals surface area contributed by atoms with E-state index in [1.165, 1.54) is 108 Å². The van der Waals surface area contributed by atoms with Gasteiger partial charge in [-0.25, -0.2) is 0 Å². The molecule has 13 rings (SSSR count). The largest absolute Gasteiger partial charge is 0.456 e. The fraction of sp³-hybridized carbons (Fsp3) is 0.349. The van der Waals surface area contributed by atoms with Crippen molar-refractivity contribution in [2.24, 2.45) is 7.05 Å². The number of aryl methyl sites for hydroxylation is 7. The number of benzene rings is 10. The predicted molar refractivity (Wildman–Crippen MR) is 426 cm³/mol. The van der Waals surface area contributed by atoms with Crippen LogP contribution >= 0.6 is 11.3 Å². The van der Waals surface area contributed by atoms with Crippen LogP contribution in [0.2, 0.25) is 0 Å². The smallest absolute Gasteiger partial charge is 0.135 e. The van der Waals surface area contributed by atoms with Crippen LogP contribution in [0.15, 0.2) is 211 Å². The van der Waals surface area contributed by atoms with E-state index < -0.39 is 0 Å². The molecule has 0 unspecified atom stereocenters. The van der Waals surface area contributed by atoms with Gasteiger partial charge in [0.05, 0.1) is 0 Å². The predicted octanol–water partition coefficient (Wildman–Crippen LogP) is 30.9. The van der Waals surface area contributed by atoms with Gasteiger partial charge in [0.25, 0.3) is 0 Å². The highest BCUT2D eigenvalue weighted by Crippen LogP contribution is 2.35. The summed E-state index contributed by atoms with van der Waals surface area (Å²) in [6.45, 7) is 48.7. The van der Waals surface area contributed by atoms with E-state index in [4.69, 9.17) is 4.42 Å². The summed E-state index contributed by atoms with van der Waals surface area (Å²) in [7, 11) is 2.14. The molecule has 0 atom stereocenters. The first-order valence-electron chi connectivity index (χ1n) is 31.7. The highest BCUT2D eigenvalue weighted by molar-refractivity contribution is 7.25. The minimum absolute atomic E-state index is 0. The molecule has 0 saturated carbocycles. The third-order valence-corrected chi connectivity index (χ3v) is 13.3. The molecule has 0 bridgehead atoms. The van der Waals surface area contributed by atoms with Gasteiger partial charge in [0, 0.05) is 59.8 Å². The van der Waals surface area contributed by atoms with Crippen LogP contribution < -0.4 is 0 Å². The van der Waals surface area contributed by atoms with Crippen LogP contribution in [0.5, 0.6) is 0 Å². The lowest BCUT2D eigenvalue weighted by atomic mass is 10.1. The van der Waals surface area contributed by atoms with E-state index >= 15 is 0 Å². The summed E-state index contributed by atoms with van der Waals surface area (Å²) in [5, 5.41) is 13.1. The van der Waals surface area contributed by atoms with Crippen LogP contribution in [0.25, 0.3) is 85.5 Å². The summed E-state index contributed by atoms with van der Waals surface area (Å²) in [6, 6.07) is 72.8. The topological polar surface area (TPSA) is 18.1 Å². The minimum atomic E-state index is 0.